The lowest BCUT2D eigenvalue weighted by molar-refractivity contribution is -0.117. The SMILES string of the molecule is COC(=O)c1ccc(N2CC(S(N)(=O)=O)CC2=O)cc1F. The van der Waals surface area contributed by atoms with Crippen molar-refractivity contribution in [1.29, 1.82) is 0 Å². The van der Waals surface area contributed by atoms with E-state index in [4.69, 9.17) is 5.14 Å². The summed E-state index contributed by atoms with van der Waals surface area (Å²) in [6.07, 6.45) is -0.251. The molecule has 114 valence electrons. The molecule has 1 saturated heterocycles. The molecule has 21 heavy (non-hydrogen) atoms. The van der Waals surface area contributed by atoms with E-state index in [1.807, 2.05) is 0 Å². The van der Waals surface area contributed by atoms with E-state index in [2.05, 4.69) is 4.74 Å². The minimum atomic E-state index is -3.84. The van der Waals surface area contributed by atoms with Crippen molar-refractivity contribution in [3.63, 3.8) is 0 Å². The van der Waals surface area contributed by atoms with Gasteiger partial charge in [-0.05, 0) is 18.2 Å². The van der Waals surface area contributed by atoms with Gasteiger partial charge in [-0.1, -0.05) is 0 Å². The summed E-state index contributed by atoms with van der Waals surface area (Å²) in [5.74, 6) is -2.17. The first-order chi connectivity index (χ1) is 9.74. The molecule has 0 aromatic heterocycles. The van der Waals surface area contributed by atoms with Gasteiger partial charge in [0, 0.05) is 18.7 Å². The fourth-order valence-corrected chi connectivity index (χ4v) is 2.82. The zero-order chi connectivity index (χ0) is 15.8. The lowest BCUT2D eigenvalue weighted by Crippen LogP contribution is -2.32. The van der Waals surface area contributed by atoms with E-state index in [0.29, 0.717) is 0 Å². The van der Waals surface area contributed by atoms with Crippen LogP contribution < -0.4 is 10.0 Å². The van der Waals surface area contributed by atoms with Crippen molar-refractivity contribution in [2.75, 3.05) is 18.6 Å². The Hall–Kier alpha value is -2.00. The second-order valence-corrected chi connectivity index (χ2v) is 6.42. The second kappa shape index (κ2) is 5.41. The highest BCUT2D eigenvalue weighted by molar-refractivity contribution is 7.89. The highest BCUT2D eigenvalue weighted by atomic mass is 32.2. The van der Waals surface area contributed by atoms with Gasteiger partial charge in [-0.15, -0.1) is 0 Å². The molecular formula is C12H13FN2O5S. The van der Waals surface area contributed by atoms with Crippen LogP contribution >= 0.6 is 0 Å². The standard InChI is InChI=1S/C12H13FN2O5S/c1-20-12(17)9-3-2-7(4-10(9)13)15-6-8(5-11(15)16)21(14,18)19/h2-4,8H,5-6H2,1H3,(H2,14,18,19). The van der Waals surface area contributed by atoms with Crippen molar-refractivity contribution in [3.05, 3.63) is 29.6 Å². The van der Waals surface area contributed by atoms with Gasteiger partial charge in [-0.3, -0.25) is 4.79 Å². The van der Waals surface area contributed by atoms with Crippen LogP contribution in [0.4, 0.5) is 10.1 Å². The summed E-state index contributed by atoms with van der Waals surface area (Å²) in [7, 11) is -2.72. The monoisotopic (exact) mass is 316 g/mol. The van der Waals surface area contributed by atoms with E-state index in [0.717, 1.165) is 18.1 Å². The molecule has 9 heteroatoms. The topological polar surface area (TPSA) is 107 Å². The van der Waals surface area contributed by atoms with Crippen LogP contribution in [0.3, 0.4) is 0 Å². The molecule has 2 N–H and O–H groups in total. The molecule has 1 aromatic rings. The predicted molar refractivity (Wildman–Crippen MR) is 71.6 cm³/mol. The van der Waals surface area contributed by atoms with Gasteiger partial charge in [0.25, 0.3) is 0 Å². The molecule has 0 spiro atoms. The molecule has 7 nitrogen and oxygen atoms in total. The van der Waals surface area contributed by atoms with Crippen LogP contribution in [0.1, 0.15) is 16.8 Å². The van der Waals surface area contributed by atoms with E-state index in [-0.39, 0.29) is 24.2 Å². The van der Waals surface area contributed by atoms with Crippen LogP contribution in [0.2, 0.25) is 0 Å². The van der Waals surface area contributed by atoms with E-state index < -0.39 is 33.0 Å². The largest absolute Gasteiger partial charge is 0.465 e. The van der Waals surface area contributed by atoms with Gasteiger partial charge >= 0.3 is 5.97 Å². The number of amides is 1. The first-order valence-corrected chi connectivity index (χ1v) is 7.55. The van der Waals surface area contributed by atoms with Gasteiger partial charge in [0.05, 0.1) is 12.7 Å². The molecule has 1 unspecified atom stereocenters. The van der Waals surface area contributed by atoms with Crippen molar-refractivity contribution in [3.8, 4) is 0 Å². The molecule has 1 aromatic carbocycles. The number of carbonyl (C=O) groups is 2. The van der Waals surface area contributed by atoms with Gasteiger partial charge < -0.3 is 9.64 Å². The number of ether oxygens (including phenoxy) is 1. The normalized spacial score (nSPS) is 18.9. The Balaban J connectivity index is 2.30. The highest BCUT2D eigenvalue weighted by Crippen LogP contribution is 2.26. The van der Waals surface area contributed by atoms with Gasteiger partial charge in [0.2, 0.25) is 15.9 Å². The molecule has 2 rings (SSSR count). The Morgan fingerprint density at radius 2 is 2.14 bits per heavy atom. The number of sulfonamides is 1. The minimum Gasteiger partial charge on any atom is -0.465 e. The van der Waals surface area contributed by atoms with Gasteiger partial charge in [-0.25, -0.2) is 22.7 Å². The summed E-state index contributed by atoms with van der Waals surface area (Å²) in [4.78, 5) is 24.2. The zero-order valence-electron chi connectivity index (χ0n) is 11.1. The summed E-state index contributed by atoms with van der Waals surface area (Å²) in [6.45, 7) is -0.144. The first kappa shape index (κ1) is 15.4. The first-order valence-electron chi connectivity index (χ1n) is 5.94. The summed E-state index contributed by atoms with van der Waals surface area (Å²) < 4.78 is 40.8. The van der Waals surface area contributed by atoms with Crippen molar-refractivity contribution in [2.24, 2.45) is 5.14 Å². The Bertz CT molecular complexity index is 704. The van der Waals surface area contributed by atoms with Crippen LogP contribution in [0.25, 0.3) is 0 Å². The summed E-state index contributed by atoms with van der Waals surface area (Å²) in [5.41, 5.74) is -0.104. The quantitative estimate of drug-likeness (QED) is 0.790. The lowest BCUT2D eigenvalue weighted by atomic mass is 10.2. The van der Waals surface area contributed by atoms with Gasteiger partial charge in [0.1, 0.15) is 11.1 Å². The fourth-order valence-electron chi connectivity index (χ4n) is 2.09. The van der Waals surface area contributed by atoms with Gasteiger partial charge in [-0.2, -0.15) is 0 Å². The number of carbonyl (C=O) groups excluding carboxylic acids is 2. The molecule has 1 heterocycles. The Morgan fingerprint density at radius 1 is 1.48 bits per heavy atom. The predicted octanol–water partition coefficient (Wildman–Crippen LogP) is 0.00610. The molecule has 0 radical (unpaired) electrons. The van der Waals surface area contributed by atoms with Crippen LogP contribution in [-0.2, 0) is 19.6 Å². The Morgan fingerprint density at radius 3 is 2.62 bits per heavy atom. The second-order valence-electron chi connectivity index (χ2n) is 4.58. The molecule has 1 aliphatic heterocycles. The van der Waals surface area contributed by atoms with E-state index >= 15 is 0 Å². The zero-order valence-corrected chi connectivity index (χ0v) is 11.9. The molecule has 1 amide bonds. The Labute approximate surface area is 120 Å². The van der Waals surface area contributed by atoms with Gasteiger partial charge in [0.15, 0.2) is 0 Å². The number of halogens is 1. The third kappa shape index (κ3) is 3.03. The fraction of sp³-hybridized carbons (Fsp3) is 0.333. The van der Waals surface area contributed by atoms with Crippen LogP contribution in [-0.4, -0.2) is 39.2 Å². The molecule has 0 aliphatic carbocycles. The van der Waals surface area contributed by atoms with Crippen molar-refractivity contribution in [1.82, 2.24) is 0 Å². The number of hydrogen-bond donors (Lipinski definition) is 1. The van der Waals surface area contributed by atoms with E-state index in [9.17, 15) is 22.4 Å². The van der Waals surface area contributed by atoms with Crippen LogP contribution in [0.5, 0.6) is 0 Å². The lowest BCUT2D eigenvalue weighted by Gasteiger charge is -2.17. The average Bonchev–Trinajstić information content (AvgIpc) is 2.80. The number of rotatable bonds is 3. The molecular weight excluding hydrogens is 303 g/mol. The highest BCUT2D eigenvalue weighted by Gasteiger charge is 2.37. The van der Waals surface area contributed by atoms with Crippen molar-refractivity contribution in [2.45, 2.75) is 11.7 Å². The number of esters is 1. The number of hydrogen-bond acceptors (Lipinski definition) is 5. The maximum Gasteiger partial charge on any atom is 0.340 e. The number of benzene rings is 1. The molecule has 1 aliphatic rings. The van der Waals surface area contributed by atoms with E-state index in [1.165, 1.54) is 12.1 Å². The van der Waals surface area contributed by atoms with E-state index in [1.54, 1.807) is 0 Å². The number of anilines is 1. The number of methoxy groups -OCH3 is 1. The van der Waals surface area contributed by atoms with Crippen molar-refractivity contribution < 1.29 is 27.1 Å². The van der Waals surface area contributed by atoms with Crippen LogP contribution in [0.15, 0.2) is 18.2 Å². The summed E-state index contributed by atoms with van der Waals surface area (Å²) in [5, 5.41) is 3.99. The smallest absolute Gasteiger partial charge is 0.340 e. The molecule has 0 saturated carbocycles. The third-order valence-electron chi connectivity index (χ3n) is 3.22. The molecule has 1 fully saturated rings. The minimum absolute atomic E-state index is 0.144. The number of primary sulfonamides is 1. The van der Waals surface area contributed by atoms with Crippen molar-refractivity contribution >= 4 is 27.6 Å². The average molecular weight is 316 g/mol. The summed E-state index contributed by atoms with van der Waals surface area (Å²) in [6, 6.07) is 3.50. The third-order valence-corrected chi connectivity index (χ3v) is 4.47. The van der Waals surface area contributed by atoms with Crippen LogP contribution in [0, 0.1) is 5.82 Å². The molecule has 1 atom stereocenters. The maximum absolute atomic E-state index is 13.8. The number of nitrogens with zero attached hydrogens (tertiary/aromatic N) is 1. The Kier molecular flexibility index (Phi) is 3.97. The number of nitrogens with two attached hydrogens (primary N) is 1. The maximum atomic E-state index is 13.8. The molecule has 0 bridgehead atoms. The summed E-state index contributed by atoms with van der Waals surface area (Å²) >= 11 is 0.